The van der Waals surface area contributed by atoms with E-state index in [2.05, 4.69) is 24.9 Å². The lowest BCUT2D eigenvalue weighted by atomic mass is 9.76. The molecule has 1 heterocycles. The molecule has 0 aromatic carbocycles. The van der Waals surface area contributed by atoms with Crippen molar-refractivity contribution < 1.29 is 4.92 Å². The van der Waals surface area contributed by atoms with Crippen molar-refractivity contribution in [1.29, 1.82) is 5.26 Å². The molecule has 5 nitrogen and oxygen atoms in total. The first-order valence-electron chi connectivity index (χ1n) is 6.54. The van der Waals surface area contributed by atoms with E-state index in [1.165, 1.54) is 12.1 Å². The van der Waals surface area contributed by atoms with E-state index in [0.717, 1.165) is 25.7 Å². The zero-order valence-corrected chi connectivity index (χ0v) is 11.6. The summed E-state index contributed by atoms with van der Waals surface area (Å²) in [6, 6.07) is 4.90. The Hall–Kier alpha value is -1.96. The van der Waals surface area contributed by atoms with E-state index in [1.54, 1.807) is 0 Å². The molecule has 102 valence electrons. The van der Waals surface area contributed by atoms with Crippen LogP contribution in [0.1, 0.15) is 57.7 Å². The van der Waals surface area contributed by atoms with Crippen LogP contribution in [0.5, 0.6) is 0 Å². The van der Waals surface area contributed by atoms with Gasteiger partial charge in [0.25, 0.3) is 0 Å². The number of pyridine rings is 1. The van der Waals surface area contributed by atoms with Gasteiger partial charge in [-0.3, -0.25) is 0 Å². The van der Waals surface area contributed by atoms with Crippen LogP contribution in [0.25, 0.3) is 0 Å². The van der Waals surface area contributed by atoms with Crippen LogP contribution < -0.4 is 0 Å². The predicted octanol–water partition coefficient (Wildman–Crippen LogP) is 3.72. The molecule has 0 bridgehead atoms. The summed E-state index contributed by atoms with van der Waals surface area (Å²) in [7, 11) is 0. The van der Waals surface area contributed by atoms with Crippen LogP contribution in [0.2, 0.25) is 0 Å². The Kier molecular flexibility index (Phi) is 4.99. The van der Waals surface area contributed by atoms with Gasteiger partial charge in [0.2, 0.25) is 0 Å². The van der Waals surface area contributed by atoms with Crippen LogP contribution in [-0.2, 0) is 5.41 Å². The normalized spacial score (nSPS) is 11.1. The van der Waals surface area contributed by atoms with E-state index in [0.29, 0.717) is 11.3 Å². The number of nitriles is 1. The third-order valence-electron chi connectivity index (χ3n) is 3.36. The Morgan fingerprint density at radius 2 is 1.95 bits per heavy atom. The Labute approximate surface area is 113 Å². The topological polar surface area (TPSA) is 79.8 Å². The summed E-state index contributed by atoms with van der Waals surface area (Å²) in [5.74, 6) is -0.188. The molecular formula is C14H19N3O2. The van der Waals surface area contributed by atoms with E-state index in [-0.39, 0.29) is 11.2 Å². The molecule has 0 aliphatic rings. The molecule has 0 N–H and O–H groups in total. The number of hydrogen-bond donors (Lipinski definition) is 0. The second kappa shape index (κ2) is 6.28. The van der Waals surface area contributed by atoms with Crippen LogP contribution in [0, 0.1) is 21.4 Å². The molecule has 0 amide bonds. The standard InChI is InChI=1S/C14H19N3O2/c1-4-8-14(3,9-5-2)13-11(10-15)6-7-12(16-13)17(18)19/h6-7H,4-5,8-9H2,1-3H3. The first-order valence-corrected chi connectivity index (χ1v) is 6.54. The van der Waals surface area contributed by atoms with Crippen LogP contribution in [0.3, 0.4) is 0 Å². The van der Waals surface area contributed by atoms with Crippen molar-refractivity contribution >= 4 is 5.82 Å². The first-order chi connectivity index (χ1) is 8.98. The molecule has 0 fully saturated rings. The summed E-state index contributed by atoms with van der Waals surface area (Å²) in [5, 5.41) is 20.0. The lowest BCUT2D eigenvalue weighted by Gasteiger charge is -2.26. The molecule has 0 saturated heterocycles. The van der Waals surface area contributed by atoms with Gasteiger partial charge in [-0.1, -0.05) is 33.6 Å². The van der Waals surface area contributed by atoms with Crippen LogP contribution in [0.4, 0.5) is 5.82 Å². The predicted molar refractivity (Wildman–Crippen MR) is 72.8 cm³/mol. The second-order valence-corrected chi connectivity index (χ2v) is 5.00. The summed E-state index contributed by atoms with van der Waals surface area (Å²) in [4.78, 5) is 14.5. The SMILES string of the molecule is CCCC(C)(CCC)c1nc([N+](=O)[O-])ccc1C#N. The van der Waals surface area contributed by atoms with Gasteiger partial charge in [0, 0.05) is 11.5 Å². The maximum atomic E-state index is 10.9. The highest BCUT2D eigenvalue weighted by molar-refractivity contribution is 5.41. The van der Waals surface area contributed by atoms with Crippen molar-refractivity contribution in [3.63, 3.8) is 0 Å². The van der Waals surface area contributed by atoms with Gasteiger partial charge in [0.1, 0.15) is 6.07 Å². The van der Waals surface area contributed by atoms with Crippen molar-refractivity contribution in [3.8, 4) is 6.07 Å². The molecule has 0 saturated carbocycles. The van der Waals surface area contributed by atoms with Gasteiger partial charge in [-0.25, -0.2) is 0 Å². The third kappa shape index (κ3) is 3.28. The van der Waals surface area contributed by atoms with E-state index in [4.69, 9.17) is 0 Å². The first kappa shape index (κ1) is 15.1. The number of rotatable bonds is 6. The lowest BCUT2D eigenvalue weighted by molar-refractivity contribution is -0.389. The summed E-state index contributed by atoms with van der Waals surface area (Å²) in [5.41, 5.74) is 0.725. The fourth-order valence-corrected chi connectivity index (χ4v) is 2.57. The minimum atomic E-state index is -0.511. The summed E-state index contributed by atoms with van der Waals surface area (Å²) < 4.78 is 0. The third-order valence-corrected chi connectivity index (χ3v) is 3.36. The molecule has 0 radical (unpaired) electrons. The molecule has 0 aliphatic carbocycles. The van der Waals surface area contributed by atoms with Crippen LogP contribution in [0.15, 0.2) is 12.1 Å². The van der Waals surface area contributed by atoms with Gasteiger partial charge < -0.3 is 10.1 Å². The molecule has 0 aliphatic heterocycles. The lowest BCUT2D eigenvalue weighted by Crippen LogP contribution is -2.25. The smallest absolute Gasteiger partial charge is 0.358 e. The van der Waals surface area contributed by atoms with E-state index < -0.39 is 4.92 Å². The van der Waals surface area contributed by atoms with E-state index in [9.17, 15) is 15.4 Å². The van der Waals surface area contributed by atoms with Crippen molar-refractivity contribution in [2.45, 2.75) is 51.9 Å². The fraction of sp³-hybridized carbons (Fsp3) is 0.571. The molecule has 0 spiro atoms. The molecule has 1 aromatic rings. The average molecular weight is 261 g/mol. The minimum Gasteiger partial charge on any atom is -0.358 e. The molecule has 0 unspecified atom stereocenters. The highest BCUT2D eigenvalue weighted by atomic mass is 16.6. The fourth-order valence-electron chi connectivity index (χ4n) is 2.57. The molecule has 1 rings (SSSR count). The number of nitro groups is 1. The van der Waals surface area contributed by atoms with Gasteiger partial charge >= 0.3 is 5.82 Å². The summed E-state index contributed by atoms with van der Waals surface area (Å²) >= 11 is 0. The molecule has 5 heteroatoms. The molecule has 19 heavy (non-hydrogen) atoms. The molecule has 1 aromatic heterocycles. The van der Waals surface area contributed by atoms with Crippen molar-refractivity contribution in [1.82, 2.24) is 4.98 Å². The number of hydrogen-bond acceptors (Lipinski definition) is 4. The van der Waals surface area contributed by atoms with Gasteiger partial charge in [0.05, 0.1) is 5.56 Å². The monoisotopic (exact) mass is 261 g/mol. The van der Waals surface area contributed by atoms with Crippen molar-refractivity contribution in [3.05, 3.63) is 33.5 Å². The maximum Gasteiger partial charge on any atom is 0.363 e. The zero-order valence-electron chi connectivity index (χ0n) is 11.6. The Bertz CT molecular complexity index is 500. The van der Waals surface area contributed by atoms with E-state index >= 15 is 0 Å². The Balaban J connectivity index is 3.38. The minimum absolute atomic E-state index is 0.188. The molecular weight excluding hydrogens is 242 g/mol. The Morgan fingerprint density at radius 1 is 1.37 bits per heavy atom. The second-order valence-electron chi connectivity index (χ2n) is 5.00. The van der Waals surface area contributed by atoms with Crippen LogP contribution in [-0.4, -0.2) is 9.91 Å². The van der Waals surface area contributed by atoms with Crippen molar-refractivity contribution in [2.75, 3.05) is 0 Å². The number of nitrogens with zero attached hydrogens (tertiary/aromatic N) is 3. The molecule has 0 atom stereocenters. The van der Waals surface area contributed by atoms with Gasteiger partial charge in [-0.15, -0.1) is 0 Å². The van der Waals surface area contributed by atoms with Gasteiger partial charge in [-0.05, 0) is 28.8 Å². The Morgan fingerprint density at radius 3 is 2.37 bits per heavy atom. The summed E-state index contributed by atoms with van der Waals surface area (Å²) in [6.07, 6.45) is 3.63. The van der Waals surface area contributed by atoms with E-state index in [1.807, 2.05) is 6.92 Å². The quantitative estimate of drug-likeness (QED) is 0.577. The summed E-state index contributed by atoms with van der Waals surface area (Å²) in [6.45, 7) is 6.17. The highest BCUT2D eigenvalue weighted by Crippen LogP contribution is 2.35. The largest absolute Gasteiger partial charge is 0.363 e. The van der Waals surface area contributed by atoms with Gasteiger partial charge in [-0.2, -0.15) is 5.26 Å². The zero-order chi connectivity index (χ0) is 14.5. The van der Waals surface area contributed by atoms with Gasteiger partial charge in [0.15, 0.2) is 5.69 Å². The van der Waals surface area contributed by atoms with Crippen LogP contribution >= 0.6 is 0 Å². The maximum absolute atomic E-state index is 10.9. The average Bonchev–Trinajstić information content (AvgIpc) is 2.38. The van der Waals surface area contributed by atoms with Crippen molar-refractivity contribution in [2.24, 2.45) is 0 Å². The highest BCUT2D eigenvalue weighted by Gasteiger charge is 2.34. The number of aromatic nitrogens is 1.